The second kappa shape index (κ2) is 10.8. The zero-order chi connectivity index (χ0) is 24.8. The highest BCUT2D eigenvalue weighted by atomic mass is 16.4. The molecule has 4 aromatic rings. The first-order chi connectivity index (χ1) is 16.9. The predicted molar refractivity (Wildman–Crippen MR) is 134 cm³/mol. The van der Waals surface area contributed by atoms with Gasteiger partial charge in [-0.1, -0.05) is 30.3 Å². The summed E-state index contributed by atoms with van der Waals surface area (Å²) in [5, 5.41) is 17.4. The van der Waals surface area contributed by atoms with E-state index in [2.05, 4.69) is 16.3 Å². The standard InChI is InChI=1S/C28H27N5O2/c1-20-6-4-5-7-25(20)27-31-30-26(35-27)23-12-14-24(15-13-23)28(34)33(17-16-32(2)3)19-22-10-8-21(18-29)9-11-22/h4-15H,16-17,19H2,1-3H3. The van der Waals surface area contributed by atoms with Crippen molar-refractivity contribution in [2.75, 3.05) is 27.2 Å². The number of benzene rings is 3. The van der Waals surface area contributed by atoms with Crippen LogP contribution in [-0.4, -0.2) is 53.1 Å². The van der Waals surface area contributed by atoms with Gasteiger partial charge < -0.3 is 14.2 Å². The summed E-state index contributed by atoms with van der Waals surface area (Å²) in [7, 11) is 3.96. The summed E-state index contributed by atoms with van der Waals surface area (Å²) >= 11 is 0. The van der Waals surface area contributed by atoms with Crippen LogP contribution >= 0.6 is 0 Å². The maximum atomic E-state index is 13.4. The molecule has 0 fully saturated rings. The predicted octanol–water partition coefficient (Wildman–Crippen LogP) is 4.79. The topological polar surface area (TPSA) is 86.3 Å². The van der Waals surface area contributed by atoms with Gasteiger partial charge in [-0.2, -0.15) is 5.26 Å². The van der Waals surface area contributed by atoms with Gasteiger partial charge in [-0.05, 0) is 74.6 Å². The smallest absolute Gasteiger partial charge is 0.254 e. The van der Waals surface area contributed by atoms with Crippen molar-refractivity contribution in [3.05, 3.63) is 95.1 Å². The first kappa shape index (κ1) is 23.9. The summed E-state index contributed by atoms with van der Waals surface area (Å²) in [6, 6.07) is 24.5. The van der Waals surface area contributed by atoms with Gasteiger partial charge in [0.05, 0.1) is 11.6 Å². The van der Waals surface area contributed by atoms with Gasteiger partial charge in [0.15, 0.2) is 0 Å². The zero-order valence-corrected chi connectivity index (χ0v) is 20.1. The average molecular weight is 466 g/mol. The highest BCUT2D eigenvalue weighted by Gasteiger charge is 2.18. The number of carbonyl (C=O) groups excluding carboxylic acids is 1. The quantitative estimate of drug-likeness (QED) is 0.372. The summed E-state index contributed by atoms with van der Waals surface area (Å²) in [5.74, 6) is 0.814. The third-order valence-corrected chi connectivity index (χ3v) is 5.74. The van der Waals surface area contributed by atoms with E-state index in [1.807, 2.05) is 79.3 Å². The number of carbonyl (C=O) groups is 1. The Kier molecular flexibility index (Phi) is 7.34. The molecule has 0 aliphatic heterocycles. The van der Waals surface area contributed by atoms with Crippen LogP contribution in [0.25, 0.3) is 22.9 Å². The van der Waals surface area contributed by atoms with Crippen molar-refractivity contribution in [3.63, 3.8) is 0 Å². The molecular weight excluding hydrogens is 438 g/mol. The first-order valence-corrected chi connectivity index (χ1v) is 11.4. The van der Waals surface area contributed by atoms with Gasteiger partial charge in [-0.25, -0.2) is 0 Å². The monoisotopic (exact) mass is 465 g/mol. The molecule has 35 heavy (non-hydrogen) atoms. The number of aryl methyl sites for hydroxylation is 1. The van der Waals surface area contributed by atoms with Crippen LogP contribution in [0.2, 0.25) is 0 Å². The Morgan fingerprint density at radius 2 is 1.60 bits per heavy atom. The Morgan fingerprint density at radius 3 is 2.26 bits per heavy atom. The Bertz CT molecular complexity index is 1340. The lowest BCUT2D eigenvalue weighted by Crippen LogP contribution is -2.36. The van der Waals surface area contributed by atoms with Crippen molar-refractivity contribution in [1.29, 1.82) is 5.26 Å². The van der Waals surface area contributed by atoms with Crippen molar-refractivity contribution in [3.8, 4) is 29.0 Å². The van der Waals surface area contributed by atoms with E-state index in [0.717, 1.165) is 28.8 Å². The molecule has 176 valence electrons. The fourth-order valence-corrected chi connectivity index (χ4v) is 3.68. The molecule has 7 heteroatoms. The molecule has 1 amide bonds. The SMILES string of the molecule is Cc1ccccc1-c1nnc(-c2ccc(C(=O)N(CCN(C)C)Cc3ccc(C#N)cc3)cc2)o1. The van der Waals surface area contributed by atoms with Gasteiger partial charge in [0.25, 0.3) is 5.91 Å². The molecule has 7 nitrogen and oxygen atoms in total. The van der Waals surface area contributed by atoms with Crippen molar-refractivity contribution < 1.29 is 9.21 Å². The summed E-state index contributed by atoms with van der Waals surface area (Å²) < 4.78 is 5.90. The molecule has 0 atom stereocenters. The normalized spacial score (nSPS) is 10.8. The highest BCUT2D eigenvalue weighted by molar-refractivity contribution is 5.94. The summed E-state index contributed by atoms with van der Waals surface area (Å²) in [5.41, 5.74) is 4.87. The minimum Gasteiger partial charge on any atom is -0.416 e. The Balaban J connectivity index is 1.52. The lowest BCUT2D eigenvalue weighted by Gasteiger charge is -2.25. The Labute approximate surface area is 205 Å². The summed E-state index contributed by atoms with van der Waals surface area (Å²) in [4.78, 5) is 17.2. The fraction of sp³-hybridized carbons (Fsp3) is 0.214. The maximum absolute atomic E-state index is 13.4. The van der Waals surface area contributed by atoms with E-state index in [9.17, 15) is 4.79 Å². The van der Waals surface area contributed by atoms with Crippen molar-refractivity contribution in [2.45, 2.75) is 13.5 Å². The zero-order valence-electron chi connectivity index (χ0n) is 20.1. The molecule has 3 aromatic carbocycles. The van der Waals surface area contributed by atoms with Gasteiger partial charge in [-0.15, -0.1) is 10.2 Å². The van der Waals surface area contributed by atoms with Gasteiger partial charge in [0.1, 0.15) is 0 Å². The second-order valence-electron chi connectivity index (χ2n) is 8.64. The molecule has 0 saturated heterocycles. The number of nitriles is 1. The number of nitrogens with zero attached hydrogens (tertiary/aromatic N) is 5. The molecule has 0 saturated carbocycles. The molecule has 0 bridgehead atoms. The molecular formula is C28H27N5O2. The van der Waals surface area contributed by atoms with Crippen LogP contribution in [0.15, 0.2) is 77.2 Å². The van der Waals surface area contributed by atoms with E-state index >= 15 is 0 Å². The molecule has 1 aromatic heterocycles. The lowest BCUT2D eigenvalue weighted by molar-refractivity contribution is 0.0732. The molecule has 0 radical (unpaired) electrons. The summed E-state index contributed by atoms with van der Waals surface area (Å²) in [6.45, 7) is 3.78. The van der Waals surface area contributed by atoms with Crippen LogP contribution in [0, 0.1) is 18.3 Å². The van der Waals surface area contributed by atoms with E-state index in [0.29, 0.717) is 36.0 Å². The van der Waals surface area contributed by atoms with Crippen LogP contribution in [0.3, 0.4) is 0 Å². The molecule has 0 aliphatic rings. The number of likely N-dealkylation sites (N-methyl/N-ethyl adjacent to an activating group) is 1. The van der Waals surface area contributed by atoms with Crippen molar-refractivity contribution in [2.24, 2.45) is 0 Å². The number of amides is 1. The third kappa shape index (κ3) is 5.81. The van der Waals surface area contributed by atoms with Crippen LogP contribution < -0.4 is 0 Å². The third-order valence-electron chi connectivity index (χ3n) is 5.74. The molecule has 0 spiro atoms. The molecule has 4 rings (SSSR count). The Morgan fingerprint density at radius 1 is 0.914 bits per heavy atom. The minimum atomic E-state index is -0.0612. The van der Waals surface area contributed by atoms with E-state index in [-0.39, 0.29) is 5.91 Å². The lowest BCUT2D eigenvalue weighted by atomic mass is 10.1. The van der Waals surface area contributed by atoms with Crippen LogP contribution in [0.5, 0.6) is 0 Å². The highest BCUT2D eigenvalue weighted by Crippen LogP contribution is 2.26. The maximum Gasteiger partial charge on any atom is 0.254 e. The largest absolute Gasteiger partial charge is 0.416 e. The number of aromatic nitrogens is 2. The van der Waals surface area contributed by atoms with Crippen molar-refractivity contribution >= 4 is 5.91 Å². The van der Waals surface area contributed by atoms with Crippen LogP contribution in [0.1, 0.15) is 27.0 Å². The number of hydrogen-bond donors (Lipinski definition) is 0. The fourth-order valence-electron chi connectivity index (χ4n) is 3.68. The number of hydrogen-bond acceptors (Lipinski definition) is 6. The van der Waals surface area contributed by atoms with Crippen LogP contribution in [0.4, 0.5) is 0 Å². The van der Waals surface area contributed by atoms with Crippen LogP contribution in [-0.2, 0) is 6.54 Å². The van der Waals surface area contributed by atoms with Gasteiger partial charge in [0, 0.05) is 36.3 Å². The minimum absolute atomic E-state index is 0.0612. The van der Waals surface area contributed by atoms with Gasteiger partial charge >= 0.3 is 0 Å². The molecule has 1 heterocycles. The molecule has 0 N–H and O–H groups in total. The Hall–Kier alpha value is -4.28. The first-order valence-electron chi connectivity index (χ1n) is 11.4. The molecule has 0 aliphatic carbocycles. The van der Waals surface area contributed by atoms with E-state index in [4.69, 9.17) is 9.68 Å². The summed E-state index contributed by atoms with van der Waals surface area (Å²) in [6.07, 6.45) is 0. The second-order valence-corrected chi connectivity index (χ2v) is 8.64. The van der Waals surface area contributed by atoms with Crippen molar-refractivity contribution in [1.82, 2.24) is 20.0 Å². The van der Waals surface area contributed by atoms with Gasteiger partial charge in [-0.3, -0.25) is 4.79 Å². The van der Waals surface area contributed by atoms with E-state index < -0.39 is 0 Å². The van der Waals surface area contributed by atoms with E-state index in [1.165, 1.54) is 0 Å². The van der Waals surface area contributed by atoms with E-state index in [1.54, 1.807) is 24.3 Å². The average Bonchev–Trinajstić information content (AvgIpc) is 3.37. The van der Waals surface area contributed by atoms with Gasteiger partial charge in [0.2, 0.25) is 11.8 Å². The number of rotatable bonds is 8. The molecule has 0 unspecified atom stereocenters.